The van der Waals surface area contributed by atoms with Crippen LogP contribution in [-0.4, -0.2) is 55.1 Å². The Morgan fingerprint density at radius 2 is 2.00 bits per heavy atom. The van der Waals surface area contributed by atoms with Crippen LogP contribution in [0.15, 0.2) is 18.2 Å². The first-order valence-electron chi connectivity index (χ1n) is 9.53. The van der Waals surface area contributed by atoms with Gasteiger partial charge in [0.2, 0.25) is 5.91 Å². The number of hydrogen-bond acceptors (Lipinski definition) is 4. The third kappa shape index (κ3) is 3.47. The maximum Gasteiger partial charge on any atom is 0.237 e. The van der Waals surface area contributed by atoms with Gasteiger partial charge in [0.25, 0.3) is 0 Å². The van der Waals surface area contributed by atoms with Crippen LogP contribution < -0.4 is 9.47 Å². The smallest absolute Gasteiger partial charge is 0.237 e. The normalized spacial score (nSPS) is 23.8. The molecule has 25 heavy (non-hydrogen) atoms. The Bertz CT molecular complexity index is 644. The molecule has 136 valence electrons. The highest BCUT2D eigenvalue weighted by Gasteiger charge is 2.34. The van der Waals surface area contributed by atoms with Crippen molar-refractivity contribution in [3.63, 3.8) is 0 Å². The number of nitrogens with zero attached hydrogens (tertiary/aromatic N) is 2. The molecule has 1 aromatic carbocycles. The molecule has 0 spiro atoms. The van der Waals surface area contributed by atoms with Gasteiger partial charge in [-0.2, -0.15) is 0 Å². The van der Waals surface area contributed by atoms with Crippen LogP contribution in [0.4, 0.5) is 0 Å². The van der Waals surface area contributed by atoms with Crippen molar-refractivity contribution in [2.75, 3.05) is 33.4 Å². The lowest BCUT2D eigenvalue weighted by atomic mass is 10.0. The van der Waals surface area contributed by atoms with Gasteiger partial charge in [-0.3, -0.25) is 9.69 Å². The molecule has 2 heterocycles. The van der Waals surface area contributed by atoms with Crippen molar-refractivity contribution >= 4 is 5.91 Å². The van der Waals surface area contributed by atoms with Gasteiger partial charge in [-0.1, -0.05) is 6.07 Å². The summed E-state index contributed by atoms with van der Waals surface area (Å²) in [5, 5.41) is 0. The number of rotatable bonds is 5. The Balaban J connectivity index is 1.45. The minimum Gasteiger partial charge on any atom is -0.486 e. The Labute approximate surface area is 149 Å². The predicted molar refractivity (Wildman–Crippen MR) is 95.9 cm³/mol. The first-order chi connectivity index (χ1) is 12.1. The van der Waals surface area contributed by atoms with Crippen LogP contribution in [0.2, 0.25) is 0 Å². The summed E-state index contributed by atoms with van der Waals surface area (Å²) in [5.74, 6) is 2.64. The number of fused-ring (bicyclic) bond motifs is 1. The molecule has 1 aromatic rings. The molecule has 5 heteroatoms. The summed E-state index contributed by atoms with van der Waals surface area (Å²) < 4.78 is 11.3. The van der Waals surface area contributed by atoms with E-state index in [-0.39, 0.29) is 11.9 Å². The third-order valence-electron chi connectivity index (χ3n) is 5.91. The fourth-order valence-corrected chi connectivity index (χ4v) is 4.07. The topological polar surface area (TPSA) is 42.0 Å². The summed E-state index contributed by atoms with van der Waals surface area (Å²) in [7, 11) is 2.08. The number of amides is 1. The molecule has 2 unspecified atom stereocenters. The molecule has 0 N–H and O–H groups in total. The second-order valence-electron chi connectivity index (χ2n) is 7.64. The van der Waals surface area contributed by atoms with E-state index >= 15 is 0 Å². The van der Waals surface area contributed by atoms with Crippen LogP contribution in [0, 0.1) is 5.92 Å². The molecule has 5 nitrogen and oxygen atoms in total. The van der Waals surface area contributed by atoms with E-state index in [1.54, 1.807) is 0 Å². The SMILES string of the molecule is CC(C1CC1)N(C)CC(=O)N1CCCC1c1ccc2c(c1)OCCO2. The van der Waals surface area contributed by atoms with Gasteiger partial charge in [0.05, 0.1) is 12.6 Å². The number of carbonyl (C=O) groups is 1. The van der Waals surface area contributed by atoms with Crippen LogP contribution in [0.5, 0.6) is 11.5 Å². The highest BCUT2D eigenvalue weighted by atomic mass is 16.6. The molecule has 1 aliphatic carbocycles. The van der Waals surface area contributed by atoms with E-state index < -0.39 is 0 Å². The number of carbonyl (C=O) groups excluding carboxylic acids is 1. The van der Waals surface area contributed by atoms with Crippen LogP contribution in [0.1, 0.15) is 44.2 Å². The van der Waals surface area contributed by atoms with Crippen LogP contribution in [0.3, 0.4) is 0 Å². The van der Waals surface area contributed by atoms with Gasteiger partial charge in [0.1, 0.15) is 13.2 Å². The van der Waals surface area contributed by atoms with Gasteiger partial charge in [-0.05, 0) is 63.3 Å². The van der Waals surface area contributed by atoms with Crippen LogP contribution in [-0.2, 0) is 4.79 Å². The maximum absolute atomic E-state index is 12.9. The van der Waals surface area contributed by atoms with Gasteiger partial charge in [-0.15, -0.1) is 0 Å². The first kappa shape index (κ1) is 16.7. The third-order valence-corrected chi connectivity index (χ3v) is 5.91. The van der Waals surface area contributed by atoms with Crippen LogP contribution in [0.25, 0.3) is 0 Å². The van der Waals surface area contributed by atoms with Crippen molar-refractivity contribution in [3.05, 3.63) is 23.8 Å². The molecule has 3 aliphatic rings. The zero-order valence-electron chi connectivity index (χ0n) is 15.2. The zero-order chi connectivity index (χ0) is 17.4. The standard InChI is InChI=1S/C20H28N2O3/c1-14(15-5-6-15)21(2)13-20(23)22-9-3-4-17(22)16-7-8-18-19(12-16)25-11-10-24-18/h7-8,12,14-15,17H,3-6,9-11,13H2,1-2H3. The Hall–Kier alpha value is -1.75. The molecule has 4 rings (SSSR count). The monoisotopic (exact) mass is 344 g/mol. The van der Waals surface area contributed by atoms with E-state index in [0.717, 1.165) is 42.4 Å². The van der Waals surface area contributed by atoms with Gasteiger partial charge in [-0.25, -0.2) is 0 Å². The fourth-order valence-electron chi connectivity index (χ4n) is 4.07. The number of likely N-dealkylation sites (N-methyl/N-ethyl adjacent to an activating group) is 1. The lowest BCUT2D eigenvalue weighted by molar-refractivity contribution is -0.133. The van der Waals surface area contributed by atoms with E-state index in [2.05, 4.69) is 35.9 Å². The second kappa shape index (κ2) is 6.87. The molecule has 1 saturated heterocycles. The largest absolute Gasteiger partial charge is 0.486 e. The first-order valence-corrected chi connectivity index (χ1v) is 9.53. The minimum atomic E-state index is 0.160. The summed E-state index contributed by atoms with van der Waals surface area (Å²) in [4.78, 5) is 17.2. The van der Waals surface area contributed by atoms with Crippen molar-refractivity contribution in [1.82, 2.24) is 9.80 Å². The average Bonchev–Trinajstić information content (AvgIpc) is 3.36. The Morgan fingerprint density at radius 1 is 1.24 bits per heavy atom. The van der Waals surface area contributed by atoms with Gasteiger partial charge in [0.15, 0.2) is 11.5 Å². The molecule has 1 saturated carbocycles. The number of hydrogen-bond donors (Lipinski definition) is 0. The van der Waals surface area contributed by atoms with E-state index in [4.69, 9.17) is 9.47 Å². The zero-order valence-corrected chi connectivity index (χ0v) is 15.2. The molecular weight excluding hydrogens is 316 g/mol. The number of benzene rings is 1. The fraction of sp³-hybridized carbons (Fsp3) is 0.650. The van der Waals surface area contributed by atoms with Gasteiger partial charge in [0, 0.05) is 12.6 Å². The lowest BCUT2D eigenvalue weighted by Gasteiger charge is -2.30. The lowest BCUT2D eigenvalue weighted by Crippen LogP contribution is -2.42. The van der Waals surface area contributed by atoms with Crippen molar-refractivity contribution in [1.29, 1.82) is 0 Å². The number of likely N-dealkylation sites (tertiary alicyclic amines) is 1. The molecule has 0 radical (unpaired) electrons. The van der Waals surface area contributed by atoms with Gasteiger partial charge < -0.3 is 14.4 Å². The second-order valence-corrected chi connectivity index (χ2v) is 7.64. The molecule has 2 aliphatic heterocycles. The molecule has 0 bridgehead atoms. The van der Waals surface area contributed by atoms with Crippen molar-refractivity contribution in [3.8, 4) is 11.5 Å². The number of ether oxygens (including phenoxy) is 2. The summed E-state index contributed by atoms with van der Waals surface area (Å²) in [5.41, 5.74) is 1.16. The van der Waals surface area contributed by atoms with E-state index in [0.29, 0.717) is 25.8 Å². The molecular formula is C20H28N2O3. The van der Waals surface area contributed by atoms with E-state index in [1.807, 2.05) is 6.07 Å². The van der Waals surface area contributed by atoms with E-state index in [1.165, 1.54) is 12.8 Å². The average molecular weight is 344 g/mol. The predicted octanol–water partition coefficient (Wildman–Crippen LogP) is 2.85. The van der Waals surface area contributed by atoms with Gasteiger partial charge >= 0.3 is 0 Å². The molecule has 0 aromatic heterocycles. The summed E-state index contributed by atoms with van der Waals surface area (Å²) in [6, 6.07) is 6.78. The van der Waals surface area contributed by atoms with Crippen molar-refractivity contribution < 1.29 is 14.3 Å². The molecule has 1 amide bonds. The highest BCUT2D eigenvalue weighted by Crippen LogP contribution is 2.38. The van der Waals surface area contributed by atoms with Crippen LogP contribution >= 0.6 is 0 Å². The van der Waals surface area contributed by atoms with Crippen molar-refractivity contribution in [2.45, 2.75) is 44.7 Å². The molecule has 2 atom stereocenters. The minimum absolute atomic E-state index is 0.160. The summed E-state index contributed by atoms with van der Waals surface area (Å²) in [6.45, 7) is 4.80. The Morgan fingerprint density at radius 3 is 2.76 bits per heavy atom. The van der Waals surface area contributed by atoms with Crippen molar-refractivity contribution in [2.24, 2.45) is 5.92 Å². The maximum atomic E-state index is 12.9. The Kier molecular flexibility index (Phi) is 4.59. The summed E-state index contributed by atoms with van der Waals surface area (Å²) >= 11 is 0. The quantitative estimate of drug-likeness (QED) is 0.824. The highest BCUT2D eigenvalue weighted by molar-refractivity contribution is 5.79. The van der Waals surface area contributed by atoms with E-state index in [9.17, 15) is 4.79 Å². The summed E-state index contributed by atoms with van der Waals surface area (Å²) in [6.07, 6.45) is 4.70. The molecule has 2 fully saturated rings.